The molecule has 35 heavy (non-hydrogen) atoms. The summed E-state index contributed by atoms with van der Waals surface area (Å²) < 4.78 is 1.88. The van der Waals surface area contributed by atoms with Crippen LogP contribution in [0, 0.1) is 6.92 Å². The number of benzene rings is 3. The Labute approximate surface area is 211 Å². The molecule has 0 atom stereocenters. The summed E-state index contributed by atoms with van der Waals surface area (Å²) in [5.74, 6) is 0.769. The Morgan fingerprint density at radius 2 is 1.60 bits per heavy atom. The largest absolute Gasteiger partial charge is 0.268 e. The van der Waals surface area contributed by atoms with E-state index in [0.717, 1.165) is 52.7 Å². The first-order chi connectivity index (χ1) is 17.1. The lowest BCUT2D eigenvalue weighted by Crippen LogP contribution is -2.42. The van der Waals surface area contributed by atoms with Crippen LogP contribution in [0.2, 0.25) is 0 Å². The number of hydrogen-bond donors (Lipinski definition) is 0. The molecule has 0 bridgehead atoms. The molecule has 1 saturated carbocycles. The third kappa shape index (κ3) is 4.04. The monoisotopic (exact) mass is 478 g/mol. The molecule has 0 radical (unpaired) electrons. The number of para-hydroxylation sites is 1. The summed E-state index contributed by atoms with van der Waals surface area (Å²) >= 11 is 1.65. The van der Waals surface area contributed by atoms with E-state index >= 15 is 0 Å². The molecule has 6 rings (SSSR count). The molecule has 0 saturated heterocycles. The van der Waals surface area contributed by atoms with Crippen molar-refractivity contribution in [1.82, 2.24) is 9.55 Å². The molecule has 2 aliphatic carbocycles. The number of fused-ring (bicyclic) bond motifs is 4. The molecule has 0 N–H and O–H groups in total. The molecule has 1 fully saturated rings. The van der Waals surface area contributed by atoms with Crippen molar-refractivity contribution in [3.05, 3.63) is 111 Å². The minimum Gasteiger partial charge on any atom is -0.268 e. The van der Waals surface area contributed by atoms with Crippen molar-refractivity contribution in [1.29, 1.82) is 0 Å². The van der Waals surface area contributed by atoms with Crippen LogP contribution in [0.5, 0.6) is 0 Å². The highest BCUT2D eigenvalue weighted by atomic mass is 32.2. The van der Waals surface area contributed by atoms with E-state index in [9.17, 15) is 4.79 Å². The second-order valence-electron chi connectivity index (χ2n) is 10.0. The molecule has 4 aromatic rings. The van der Waals surface area contributed by atoms with Crippen LogP contribution in [0.3, 0.4) is 0 Å². The van der Waals surface area contributed by atoms with Crippen LogP contribution >= 0.6 is 11.8 Å². The SMILES string of the molecule is Cc1ccc(CSc2nc3c(c(=O)n2-c2ccccc2)C2(CCCCC2)Cc2ccccc2-3)cc1. The van der Waals surface area contributed by atoms with Crippen LogP contribution in [0.4, 0.5) is 0 Å². The van der Waals surface area contributed by atoms with Gasteiger partial charge >= 0.3 is 0 Å². The van der Waals surface area contributed by atoms with Crippen LogP contribution in [0.1, 0.15) is 54.4 Å². The number of aryl methyl sites for hydroxylation is 1. The number of aromatic nitrogens is 2. The summed E-state index contributed by atoms with van der Waals surface area (Å²) in [7, 11) is 0. The molecular weight excluding hydrogens is 448 g/mol. The molecule has 1 aromatic heterocycles. The quantitative estimate of drug-likeness (QED) is 0.229. The molecule has 176 valence electrons. The van der Waals surface area contributed by atoms with Crippen molar-refractivity contribution in [2.75, 3.05) is 0 Å². The van der Waals surface area contributed by atoms with Gasteiger partial charge in [0.2, 0.25) is 0 Å². The van der Waals surface area contributed by atoms with Gasteiger partial charge in [-0.05, 0) is 49.4 Å². The van der Waals surface area contributed by atoms with Crippen molar-refractivity contribution in [2.24, 2.45) is 0 Å². The van der Waals surface area contributed by atoms with Gasteiger partial charge in [0.15, 0.2) is 5.16 Å². The van der Waals surface area contributed by atoms with Crippen molar-refractivity contribution >= 4 is 11.8 Å². The van der Waals surface area contributed by atoms with Gasteiger partial charge in [0.1, 0.15) is 0 Å². The Bertz CT molecular complexity index is 1420. The lowest BCUT2D eigenvalue weighted by atomic mass is 9.62. The highest BCUT2D eigenvalue weighted by molar-refractivity contribution is 7.98. The maximum absolute atomic E-state index is 14.5. The topological polar surface area (TPSA) is 34.9 Å². The van der Waals surface area contributed by atoms with Gasteiger partial charge in [0.05, 0.1) is 16.9 Å². The number of thioether (sulfide) groups is 1. The normalized spacial score (nSPS) is 16.0. The number of nitrogens with zero attached hydrogens (tertiary/aromatic N) is 2. The van der Waals surface area contributed by atoms with Crippen LogP contribution < -0.4 is 5.56 Å². The molecule has 0 unspecified atom stereocenters. The maximum atomic E-state index is 14.5. The second kappa shape index (κ2) is 9.16. The highest BCUT2D eigenvalue weighted by Crippen LogP contribution is 2.49. The smallest absolute Gasteiger partial charge is 0.263 e. The zero-order chi connectivity index (χ0) is 23.8. The van der Waals surface area contributed by atoms with E-state index in [4.69, 9.17) is 4.98 Å². The Morgan fingerprint density at radius 3 is 2.37 bits per heavy atom. The van der Waals surface area contributed by atoms with E-state index in [0.29, 0.717) is 0 Å². The average Bonchev–Trinajstić information content (AvgIpc) is 2.89. The Kier molecular flexibility index (Phi) is 5.85. The van der Waals surface area contributed by atoms with E-state index in [1.54, 1.807) is 11.8 Å². The van der Waals surface area contributed by atoms with Crippen LogP contribution in [-0.2, 0) is 17.6 Å². The molecular formula is C31H30N2OS. The summed E-state index contributed by atoms with van der Waals surface area (Å²) in [4.78, 5) is 19.8. The van der Waals surface area contributed by atoms with Gasteiger partial charge in [-0.25, -0.2) is 4.98 Å². The molecule has 1 heterocycles. The summed E-state index contributed by atoms with van der Waals surface area (Å²) in [6.45, 7) is 2.10. The standard InChI is InChI=1S/C31H30N2OS/c1-22-14-16-23(17-15-22)21-35-30-32-28-26-13-7-6-10-24(26)20-31(18-8-3-9-19-31)27(28)29(34)33(30)25-11-4-2-5-12-25/h2,4-7,10-17H,3,8-9,18-21H2,1H3. The molecule has 4 heteroatoms. The van der Waals surface area contributed by atoms with Crippen molar-refractivity contribution < 1.29 is 0 Å². The van der Waals surface area contributed by atoms with Crippen molar-refractivity contribution in [3.8, 4) is 16.9 Å². The van der Waals surface area contributed by atoms with Crippen molar-refractivity contribution in [2.45, 2.75) is 61.8 Å². The second-order valence-corrected chi connectivity index (χ2v) is 11.0. The Morgan fingerprint density at radius 1 is 0.886 bits per heavy atom. The summed E-state index contributed by atoms with van der Waals surface area (Å²) in [5, 5.41) is 0.767. The van der Waals surface area contributed by atoms with Gasteiger partial charge < -0.3 is 0 Å². The van der Waals surface area contributed by atoms with Gasteiger partial charge in [0, 0.05) is 16.7 Å². The predicted octanol–water partition coefficient (Wildman–Crippen LogP) is 7.26. The summed E-state index contributed by atoms with van der Waals surface area (Å²) in [5.41, 5.74) is 7.71. The van der Waals surface area contributed by atoms with E-state index < -0.39 is 0 Å². The van der Waals surface area contributed by atoms with Gasteiger partial charge in [-0.15, -0.1) is 0 Å². The molecule has 1 spiro atoms. The van der Waals surface area contributed by atoms with Crippen LogP contribution in [0.25, 0.3) is 16.9 Å². The van der Waals surface area contributed by atoms with E-state index in [-0.39, 0.29) is 11.0 Å². The van der Waals surface area contributed by atoms with Gasteiger partial charge in [0.25, 0.3) is 5.56 Å². The predicted molar refractivity (Wildman–Crippen MR) is 144 cm³/mol. The van der Waals surface area contributed by atoms with Crippen LogP contribution in [-0.4, -0.2) is 9.55 Å². The zero-order valence-corrected chi connectivity index (χ0v) is 21.0. The third-order valence-corrected chi connectivity index (χ3v) is 8.71. The summed E-state index contributed by atoms with van der Waals surface area (Å²) in [6.07, 6.45) is 6.68. The lowest BCUT2D eigenvalue weighted by Gasteiger charge is -2.42. The first-order valence-corrected chi connectivity index (χ1v) is 13.6. The molecule has 2 aliphatic rings. The van der Waals surface area contributed by atoms with E-state index in [2.05, 4.69) is 55.5 Å². The number of rotatable bonds is 4. The molecule has 0 amide bonds. The highest BCUT2D eigenvalue weighted by Gasteiger charge is 2.43. The van der Waals surface area contributed by atoms with E-state index in [1.165, 1.54) is 36.0 Å². The first-order valence-electron chi connectivity index (χ1n) is 12.6. The van der Waals surface area contributed by atoms with Crippen molar-refractivity contribution in [3.63, 3.8) is 0 Å². The van der Waals surface area contributed by atoms with Gasteiger partial charge in [-0.1, -0.05) is 103 Å². The minimum absolute atomic E-state index is 0.108. The fourth-order valence-electron chi connectivity index (χ4n) is 5.92. The molecule has 3 nitrogen and oxygen atoms in total. The fourth-order valence-corrected chi connectivity index (χ4v) is 6.88. The number of hydrogen-bond acceptors (Lipinski definition) is 3. The first kappa shape index (κ1) is 22.4. The zero-order valence-electron chi connectivity index (χ0n) is 20.2. The minimum atomic E-state index is -0.108. The lowest BCUT2D eigenvalue weighted by molar-refractivity contribution is 0.283. The molecule has 3 aromatic carbocycles. The molecule has 0 aliphatic heterocycles. The fraction of sp³-hybridized carbons (Fsp3) is 0.290. The van der Waals surface area contributed by atoms with Gasteiger partial charge in [-0.3, -0.25) is 9.36 Å². The Hall–Kier alpha value is -3.11. The van der Waals surface area contributed by atoms with Crippen LogP contribution in [0.15, 0.2) is 88.8 Å². The van der Waals surface area contributed by atoms with E-state index in [1.807, 2.05) is 34.9 Å². The summed E-state index contributed by atoms with van der Waals surface area (Å²) in [6, 6.07) is 27.2. The maximum Gasteiger partial charge on any atom is 0.263 e. The van der Waals surface area contributed by atoms with Gasteiger partial charge in [-0.2, -0.15) is 0 Å². The Balaban J connectivity index is 1.56. The third-order valence-electron chi connectivity index (χ3n) is 7.70. The average molecular weight is 479 g/mol.